The first-order valence-electron chi connectivity index (χ1n) is 3.85. The number of methoxy groups -OCH3 is 1. The summed E-state index contributed by atoms with van der Waals surface area (Å²) in [5, 5.41) is 6.16. The van der Waals surface area contributed by atoms with Crippen LogP contribution >= 0.6 is 0 Å². The van der Waals surface area contributed by atoms with Crippen molar-refractivity contribution in [3.05, 3.63) is 18.2 Å². The molecule has 0 atom stereocenters. The number of hydrogen-bond acceptors (Lipinski definition) is 3. The number of ether oxygens (including phenoxy) is 1. The van der Waals surface area contributed by atoms with Gasteiger partial charge < -0.3 is 15.4 Å². The SMILES string of the molecule is CNc1ccc(OC)cc1NC. The van der Waals surface area contributed by atoms with Gasteiger partial charge in [-0.1, -0.05) is 0 Å². The molecule has 12 heavy (non-hydrogen) atoms. The largest absolute Gasteiger partial charge is 0.497 e. The Morgan fingerprint density at radius 1 is 1.08 bits per heavy atom. The maximum atomic E-state index is 5.09. The molecule has 0 aromatic heterocycles. The zero-order chi connectivity index (χ0) is 8.97. The molecule has 0 fully saturated rings. The lowest BCUT2D eigenvalue weighted by atomic mass is 10.2. The van der Waals surface area contributed by atoms with E-state index in [1.807, 2.05) is 32.3 Å². The molecule has 0 unspecified atom stereocenters. The molecule has 0 saturated heterocycles. The van der Waals surface area contributed by atoms with Crippen molar-refractivity contribution < 1.29 is 4.74 Å². The third kappa shape index (κ3) is 1.61. The molecule has 66 valence electrons. The summed E-state index contributed by atoms with van der Waals surface area (Å²) in [7, 11) is 5.44. The summed E-state index contributed by atoms with van der Waals surface area (Å²) in [6.45, 7) is 0. The summed E-state index contributed by atoms with van der Waals surface area (Å²) >= 11 is 0. The van der Waals surface area contributed by atoms with Gasteiger partial charge in [-0.2, -0.15) is 0 Å². The van der Waals surface area contributed by atoms with E-state index in [1.165, 1.54) is 0 Å². The van der Waals surface area contributed by atoms with Gasteiger partial charge in [0.05, 0.1) is 18.5 Å². The Morgan fingerprint density at radius 3 is 2.25 bits per heavy atom. The maximum Gasteiger partial charge on any atom is 0.121 e. The second-order valence-corrected chi connectivity index (χ2v) is 2.41. The van der Waals surface area contributed by atoms with Crippen LogP contribution in [-0.2, 0) is 0 Å². The summed E-state index contributed by atoms with van der Waals surface area (Å²) in [4.78, 5) is 0. The quantitative estimate of drug-likeness (QED) is 0.718. The Balaban J connectivity index is 3.02. The van der Waals surface area contributed by atoms with E-state index in [1.54, 1.807) is 7.11 Å². The molecule has 0 saturated carbocycles. The summed E-state index contributed by atoms with van der Waals surface area (Å²) in [5.41, 5.74) is 2.11. The van der Waals surface area contributed by atoms with Crippen LogP contribution in [0.2, 0.25) is 0 Å². The van der Waals surface area contributed by atoms with Gasteiger partial charge in [-0.25, -0.2) is 0 Å². The van der Waals surface area contributed by atoms with E-state index >= 15 is 0 Å². The van der Waals surface area contributed by atoms with Crippen molar-refractivity contribution in [2.45, 2.75) is 0 Å². The average Bonchev–Trinajstić information content (AvgIpc) is 2.16. The lowest BCUT2D eigenvalue weighted by molar-refractivity contribution is 0.415. The van der Waals surface area contributed by atoms with E-state index in [9.17, 15) is 0 Å². The van der Waals surface area contributed by atoms with Gasteiger partial charge in [-0.05, 0) is 12.1 Å². The fourth-order valence-electron chi connectivity index (χ4n) is 1.08. The highest BCUT2D eigenvalue weighted by Gasteiger charge is 1.99. The normalized spacial score (nSPS) is 9.25. The topological polar surface area (TPSA) is 33.3 Å². The zero-order valence-corrected chi connectivity index (χ0v) is 7.64. The third-order valence-electron chi connectivity index (χ3n) is 1.77. The number of rotatable bonds is 3. The lowest BCUT2D eigenvalue weighted by Crippen LogP contribution is -1.96. The van der Waals surface area contributed by atoms with Crippen molar-refractivity contribution in [3.63, 3.8) is 0 Å². The van der Waals surface area contributed by atoms with E-state index in [4.69, 9.17) is 4.74 Å². The molecule has 1 aromatic carbocycles. The van der Waals surface area contributed by atoms with Gasteiger partial charge in [0.15, 0.2) is 0 Å². The number of hydrogen-bond donors (Lipinski definition) is 2. The van der Waals surface area contributed by atoms with Crippen LogP contribution in [0.25, 0.3) is 0 Å². The van der Waals surface area contributed by atoms with Crippen LogP contribution in [0.3, 0.4) is 0 Å². The van der Waals surface area contributed by atoms with Crippen molar-refractivity contribution >= 4 is 11.4 Å². The molecule has 0 radical (unpaired) electrons. The molecule has 3 heteroatoms. The molecule has 1 rings (SSSR count). The van der Waals surface area contributed by atoms with Crippen molar-refractivity contribution in [1.82, 2.24) is 0 Å². The van der Waals surface area contributed by atoms with Crippen LogP contribution in [-0.4, -0.2) is 21.2 Å². The first-order chi connectivity index (χ1) is 5.81. The molecule has 0 aliphatic carbocycles. The minimum Gasteiger partial charge on any atom is -0.497 e. The van der Waals surface area contributed by atoms with E-state index < -0.39 is 0 Å². The molecule has 0 aliphatic rings. The highest BCUT2D eigenvalue weighted by molar-refractivity contribution is 5.70. The van der Waals surface area contributed by atoms with Crippen molar-refractivity contribution in [3.8, 4) is 5.75 Å². The average molecular weight is 166 g/mol. The molecule has 0 aliphatic heterocycles. The van der Waals surface area contributed by atoms with Gasteiger partial charge >= 0.3 is 0 Å². The Hall–Kier alpha value is -1.38. The fourth-order valence-corrected chi connectivity index (χ4v) is 1.08. The van der Waals surface area contributed by atoms with Gasteiger partial charge in [-0.3, -0.25) is 0 Å². The molecule has 3 nitrogen and oxygen atoms in total. The molecule has 0 heterocycles. The predicted molar refractivity (Wildman–Crippen MR) is 52.1 cm³/mol. The summed E-state index contributed by atoms with van der Waals surface area (Å²) in [6, 6.07) is 5.85. The van der Waals surface area contributed by atoms with Gasteiger partial charge in [0, 0.05) is 20.2 Å². The minimum absolute atomic E-state index is 0.860. The van der Waals surface area contributed by atoms with Crippen molar-refractivity contribution in [2.75, 3.05) is 31.8 Å². The third-order valence-corrected chi connectivity index (χ3v) is 1.77. The smallest absolute Gasteiger partial charge is 0.121 e. The summed E-state index contributed by atoms with van der Waals surface area (Å²) in [6.07, 6.45) is 0. The molecule has 1 aromatic rings. The molecular formula is C9H14N2O. The number of nitrogens with one attached hydrogen (secondary N) is 2. The van der Waals surface area contributed by atoms with E-state index in [-0.39, 0.29) is 0 Å². The van der Waals surface area contributed by atoms with E-state index in [0.717, 1.165) is 17.1 Å². The Kier molecular flexibility index (Phi) is 2.80. The second kappa shape index (κ2) is 3.85. The Morgan fingerprint density at radius 2 is 1.75 bits per heavy atom. The molecule has 0 spiro atoms. The van der Waals surface area contributed by atoms with Gasteiger partial charge in [-0.15, -0.1) is 0 Å². The Bertz CT molecular complexity index is 261. The Labute approximate surface area is 72.7 Å². The van der Waals surface area contributed by atoms with Crippen LogP contribution in [0.4, 0.5) is 11.4 Å². The first-order valence-corrected chi connectivity index (χ1v) is 3.85. The number of benzene rings is 1. The highest BCUT2D eigenvalue weighted by Crippen LogP contribution is 2.25. The van der Waals surface area contributed by atoms with Crippen LogP contribution in [0.15, 0.2) is 18.2 Å². The monoisotopic (exact) mass is 166 g/mol. The predicted octanol–water partition coefficient (Wildman–Crippen LogP) is 1.78. The van der Waals surface area contributed by atoms with Gasteiger partial charge in [0.1, 0.15) is 5.75 Å². The van der Waals surface area contributed by atoms with Gasteiger partial charge in [0.2, 0.25) is 0 Å². The summed E-state index contributed by atoms with van der Waals surface area (Å²) in [5.74, 6) is 0.860. The van der Waals surface area contributed by atoms with Crippen molar-refractivity contribution in [2.24, 2.45) is 0 Å². The molecule has 0 bridgehead atoms. The van der Waals surface area contributed by atoms with Crippen LogP contribution in [0, 0.1) is 0 Å². The maximum absolute atomic E-state index is 5.09. The van der Waals surface area contributed by atoms with Crippen LogP contribution in [0.5, 0.6) is 5.75 Å². The highest BCUT2D eigenvalue weighted by atomic mass is 16.5. The molecular weight excluding hydrogens is 152 g/mol. The zero-order valence-electron chi connectivity index (χ0n) is 7.64. The van der Waals surface area contributed by atoms with E-state index in [0.29, 0.717) is 0 Å². The molecule has 0 amide bonds. The van der Waals surface area contributed by atoms with Gasteiger partial charge in [0.25, 0.3) is 0 Å². The standard InChI is InChI=1S/C9H14N2O/c1-10-8-5-4-7(12-3)6-9(8)11-2/h4-6,10-11H,1-3H3. The van der Waals surface area contributed by atoms with Crippen molar-refractivity contribution in [1.29, 1.82) is 0 Å². The van der Waals surface area contributed by atoms with Crippen LogP contribution in [0.1, 0.15) is 0 Å². The summed E-state index contributed by atoms with van der Waals surface area (Å²) < 4.78 is 5.09. The van der Waals surface area contributed by atoms with E-state index in [2.05, 4.69) is 10.6 Å². The lowest BCUT2D eigenvalue weighted by Gasteiger charge is -2.09. The second-order valence-electron chi connectivity index (χ2n) is 2.41. The molecule has 2 N–H and O–H groups in total. The van der Waals surface area contributed by atoms with Crippen LogP contribution < -0.4 is 15.4 Å². The first kappa shape index (κ1) is 8.71. The fraction of sp³-hybridized carbons (Fsp3) is 0.333. The minimum atomic E-state index is 0.860. The number of anilines is 2.